The average molecular weight is 596 g/mol. The van der Waals surface area contributed by atoms with Crippen molar-refractivity contribution in [2.24, 2.45) is 0 Å². The number of hydrogen-bond donors (Lipinski definition) is 0. The van der Waals surface area contributed by atoms with Gasteiger partial charge in [0.05, 0.1) is 0 Å². The lowest BCUT2D eigenvalue weighted by atomic mass is 9.84. The first-order valence-corrected chi connectivity index (χ1v) is 14.6. The van der Waals surface area contributed by atoms with Crippen LogP contribution >= 0.6 is 23.2 Å². The summed E-state index contributed by atoms with van der Waals surface area (Å²) >= 11 is 12.3. The average Bonchev–Trinajstić information content (AvgIpc) is 3.04. The van der Waals surface area contributed by atoms with Crippen molar-refractivity contribution in [1.82, 2.24) is 9.80 Å². The molecule has 0 unspecified atom stereocenters. The van der Waals surface area contributed by atoms with Crippen molar-refractivity contribution in [3.05, 3.63) is 166 Å². The molecule has 0 spiro atoms. The topological polar surface area (TPSA) is 40.6 Å². The second-order valence-electron chi connectivity index (χ2n) is 10.5. The van der Waals surface area contributed by atoms with Crippen LogP contribution in [0.4, 0.5) is 0 Å². The third-order valence-electron chi connectivity index (χ3n) is 7.87. The number of amides is 2. The van der Waals surface area contributed by atoms with Gasteiger partial charge in [0.15, 0.2) is 0 Å². The lowest BCUT2D eigenvalue weighted by Crippen LogP contribution is -2.37. The fraction of sp³-hybridized carbons (Fsp3) is 0.167. The molecule has 2 heterocycles. The summed E-state index contributed by atoms with van der Waals surface area (Å²) in [5, 5.41) is 1.47. The maximum Gasteiger partial charge on any atom is 0.246 e. The molecule has 6 heteroatoms. The normalized spacial score (nSPS) is 17.2. The predicted octanol–water partition coefficient (Wildman–Crippen LogP) is 8.00. The third kappa shape index (κ3) is 6.51. The molecule has 0 saturated heterocycles. The Kier molecular flexibility index (Phi) is 9.26. The minimum absolute atomic E-state index is 0.0310. The van der Waals surface area contributed by atoms with Gasteiger partial charge in [-0.3, -0.25) is 9.59 Å². The smallest absolute Gasteiger partial charge is 0.246 e. The van der Waals surface area contributed by atoms with E-state index in [0.29, 0.717) is 26.2 Å². The van der Waals surface area contributed by atoms with Gasteiger partial charge in [-0.05, 0) is 69.8 Å². The van der Waals surface area contributed by atoms with Crippen LogP contribution in [-0.2, 0) is 22.7 Å². The molecular formula is C36H32Cl2N2O2. The van der Waals surface area contributed by atoms with Gasteiger partial charge in [0.2, 0.25) is 11.8 Å². The zero-order valence-corrected chi connectivity index (χ0v) is 24.8. The molecule has 0 fully saturated rings. The Hall–Kier alpha value is -4.12. The van der Waals surface area contributed by atoms with Gasteiger partial charge in [0.25, 0.3) is 0 Å². The Morgan fingerprint density at radius 1 is 0.619 bits per heavy atom. The quantitative estimate of drug-likeness (QED) is 0.225. The van der Waals surface area contributed by atoms with Gasteiger partial charge < -0.3 is 9.80 Å². The molecule has 0 radical (unpaired) electrons. The van der Waals surface area contributed by atoms with Crippen molar-refractivity contribution in [3.63, 3.8) is 0 Å². The van der Waals surface area contributed by atoms with Crippen LogP contribution < -0.4 is 0 Å². The molecule has 0 aromatic heterocycles. The van der Waals surface area contributed by atoms with Crippen LogP contribution in [0.5, 0.6) is 0 Å². The van der Waals surface area contributed by atoms with E-state index in [0.717, 1.165) is 21.2 Å². The van der Waals surface area contributed by atoms with Crippen LogP contribution in [0.3, 0.4) is 0 Å². The molecule has 0 saturated carbocycles. The first kappa shape index (κ1) is 29.4. The van der Waals surface area contributed by atoms with Crippen LogP contribution in [0.15, 0.2) is 122 Å². The van der Waals surface area contributed by atoms with E-state index in [4.69, 9.17) is 23.2 Å². The molecule has 2 amide bonds. The Morgan fingerprint density at radius 2 is 1.00 bits per heavy atom. The first-order valence-electron chi connectivity index (χ1n) is 13.9. The fourth-order valence-corrected chi connectivity index (χ4v) is 6.14. The minimum Gasteiger partial charge on any atom is -0.334 e. The fourth-order valence-electron chi connectivity index (χ4n) is 5.78. The van der Waals surface area contributed by atoms with Crippen LogP contribution in [0.2, 0.25) is 10.0 Å². The number of halogens is 2. The predicted molar refractivity (Wildman–Crippen MR) is 171 cm³/mol. The Labute approximate surface area is 257 Å². The molecule has 2 aliphatic rings. The van der Waals surface area contributed by atoms with E-state index in [9.17, 15) is 9.59 Å². The van der Waals surface area contributed by atoms with Gasteiger partial charge in [-0.25, -0.2) is 0 Å². The van der Waals surface area contributed by atoms with Gasteiger partial charge in [-0.2, -0.15) is 0 Å². The zero-order chi connectivity index (χ0) is 29.6. The molecular weight excluding hydrogens is 563 g/mol. The zero-order valence-electron chi connectivity index (χ0n) is 23.3. The molecule has 4 nitrogen and oxygen atoms in total. The summed E-state index contributed by atoms with van der Waals surface area (Å²) in [6, 6.07) is 32.3. The van der Waals surface area contributed by atoms with E-state index < -0.39 is 0 Å². The highest BCUT2D eigenvalue weighted by molar-refractivity contribution is 6.31. The minimum atomic E-state index is -0.0310. The highest BCUT2D eigenvalue weighted by Crippen LogP contribution is 2.36. The second-order valence-corrected chi connectivity index (χ2v) is 11.3. The molecule has 6 rings (SSSR count). The van der Waals surface area contributed by atoms with Crippen molar-refractivity contribution in [1.29, 1.82) is 0 Å². The summed E-state index contributed by atoms with van der Waals surface area (Å²) in [5.74, 6) is 0.239. The standard InChI is InChI=1S/2C18H16ClNO/c2*1-2-18(21)20-11-14-8-9-15(19)10-16(14)17(12-20)13-6-4-3-5-7-13/h2*2-10,17H,1,11-12H2/t2*17-/m10/s1. The van der Waals surface area contributed by atoms with Crippen LogP contribution in [0.25, 0.3) is 0 Å². The van der Waals surface area contributed by atoms with Gasteiger partial charge >= 0.3 is 0 Å². The largest absolute Gasteiger partial charge is 0.334 e. The summed E-state index contributed by atoms with van der Waals surface area (Å²) in [6.07, 6.45) is 2.76. The number of carbonyl (C=O) groups excluding carboxylic acids is 2. The van der Waals surface area contributed by atoms with Gasteiger partial charge in [-0.1, -0.05) is 109 Å². The lowest BCUT2D eigenvalue weighted by molar-refractivity contribution is -0.127. The van der Waals surface area contributed by atoms with Crippen molar-refractivity contribution in [2.45, 2.75) is 24.9 Å². The van der Waals surface area contributed by atoms with Crippen LogP contribution in [0.1, 0.15) is 45.2 Å². The maximum atomic E-state index is 12.0. The first-order chi connectivity index (χ1) is 20.4. The van der Waals surface area contributed by atoms with Gasteiger partial charge in [0, 0.05) is 48.1 Å². The Bertz CT molecular complexity index is 1480. The van der Waals surface area contributed by atoms with Crippen LogP contribution in [0, 0.1) is 0 Å². The molecule has 0 bridgehead atoms. The third-order valence-corrected chi connectivity index (χ3v) is 8.34. The molecule has 2 atom stereocenters. The molecule has 42 heavy (non-hydrogen) atoms. The number of fused-ring (bicyclic) bond motifs is 2. The Balaban J connectivity index is 0.000000168. The molecule has 0 N–H and O–H groups in total. The molecule has 2 aliphatic heterocycles. The summed E-state index contributed by atoms with van der Waals surface area (Å²) in [7, 11) is 0. The van der Waals surface area contributed by atoms with Crippen molar-refractivity contribution >= 4 is 35.0 Å². The highest BCUT2D eigenvalue weighted by atomic mass is 35.5. The highest BCUT2D eigenvalue weighted by Gasteiger charge is 2.29. The van der Waals surface area contributed by atoms with E-state index in [-0.39, 0.29) is 23.7 Å². The number of nitrogens with zero attached hydrogens (tertiary/aromatic N) is 2. The number of benzene rings is 4. The van der Waals surface area contributed by atoms with Crippen molar-refractivity contribution in [2.75, 3.05) is 13.1 Å². The van der Waals surface area contributed by atoms with E-state index in [1.165, 1.54) is 34.4 Å². The van der Waals surface area contributed by atoms with E-state index in [1.807, 2.05) is 82.6 Å². The molecule has 212 valence electrons. The molecule has 4 aromatic rings. The monoisotopic (exact) mass is 594 g/mol. The van der Waals surface area contributed by atoms with E-state index >= 15 is 0 Å². The van der Waals surface area contributed by atoms with E-state index in [1.54, 1.807) is 0 Å². The lowest BCUT2D eigenvalue weighted by Gasteiger charge is -2.34. The number of carbonyl (C=O) groups is 2. The van der Waals surface area contributed by atoms with Crippen LogP contribution in [-0.4, -0.2) is 34.7 Å². The van der Waals surface area contributed by atoms with Gasteiger partial charge in [-0.15, -0.1) is 0 Å². The summed E-state index contributed by atoms with van der Waals surface area (Å²) in [6.45, 7) is 9.72. The SMILES string of the molecule is C=CC(=O)N1Cc2ccc(Cl)cc2[C@@H](c2ccccc2)C1.C=CC(=O)N1Cc2ccc(Cl)cc2[C@H](c2ccccc2)C1. The summed E-state index contributed by atoms with van der Waals surface area (Å²) in [4.78, 5) is 27.7. The van der Waals surface area contributed by atoms with Crippen molar-refractivity contribution in [3.8, 4) is 0 Å². The number of hydrogen-bond acceptors (Lipinski definition) is 2. The second kappa shape index (κ2) is 13.2. The molecule has 0 aliphatic carbocycles. The van der Waals surface area contributed by atoms with E-state index in [2.05, 4.69) is 37.4 Å². The number of rotatable bonds is 4. The van der Waals surface area contributed by atoms with Crippen molar-refractivity contribution < 1.29 is 9.59 Å². The Morgan fingerprint density at radius 3 is 1.36 bits per heavy atom. The summed E-state index contributed by atoms with van der Waals surface area (Å²) < 4.78 is 0. The molecule has 4 aromatic carbocycles. The summed E-state index contributed by atoms with van der Waals surface area (Å²) in [5.41, 5.74) is 7.11. The van der Waals surface area contributed by atoms with Gasteiger partial charge in [0.1, 0.15) is 0 Å². The maximum absolute atomic E-state index is 12.0.